The van der Waals surface area contributed by atoms with Crippen molar-refractivity contribution in [2.45, 2.75) is 26.1 Å². The van der Waals surface area contributed by atoms with E-state index in [-0.39, 0.29) is 16.7 Å². The van der Waals surface area contributed by atoms with Crippen LogP contribution in [0.4, 0.5) is 18.9 Å². The molecule has 1 aromatic rings. The van der Waals surface area contributed by atoms with Crippen molar-refractivity contribution in [2.75, 3.05) is 18.5 Å². The number of rotatable bonds is 6. The molecular formula is C13H17F3N2OS. The number of hydrogen-bond acceptors (Lipinski definition) is 3. The maximum Gasteiger partial charge on any atom is 0.417 e. The molecule has 1 rings (SSSR count). The smallest absolute Gasteiger partial charge is 0.389 e. The molecule has 0 aliphatic carbocycles. The normalized spacial score (nSPS) is 13.1. The fourth-order valence-electron chi connectivity index (χ4n) is 1.71. The van der Waals surface area contributed by atoms with Crippen LogP contribution >= 0.6 is 12.2 Å². The molecule has 0 spiro atoms. The van der Waals surface area contributed by atoms with E-state index < -0.39 is 11.7 Å². The highest BCUT2D eigenvalue weighted by Crippen LogP contribution is 2.33. The molecular weight excluding hydrogens is 289 g/mol. The summed E-state index contributed by atoms with van der Waals surface area (Å²) in [5, 5.41) is 2.90. The van der Waals surface area contributed by atoms with Crippen LogP contribution in [-0.4, -0.2) is 24.2 Å². The SMILES string of the molecule is CCOC(C)CNc1ccc(C(N)=S)c(C(F)(F)F)c1. The van der Waals surface area contributed by atoms with Crippen molar-refractivity contribution in [1.82, 2.24) is 0 Å². The fourth-order valence-corrected chi connectivity index (χ4v) is 1.89. The van der Waals surface area contributed by atoms with E-state index in [1.54, 1.807) is 0 Å². The molecule has 0 bridgehead atoms. The number of anilines is 1. The van der Waals surface area contributed by atoms with Gasteiger partial charge in [-0.3, -0.25) is 0 Å². The largest absolute Gasteiger partial charge is 0.417 e. The zero-order valence-corrected chi connectivity index (χ0v) is 12.1. The average molecular weight is 306 g/mol. The third-order valence-corrected chi connectivity index (χ3v) is 2.86. The molecule has 3 N–H and O–H groups in total. The first-order valence-electron chi connectivity index (χ1n) is 6.12. The fraction of sp³-hybridized carbons (Fsp3) is 0.462. The molecule has 0 aliphatic heterocycles. The summed E-state index contributed by atoms with van der Waals surface area (Å²) >= 11 is 4.64. The molecule has 0 heterocycles. The predicted octanol–water partition coefficient (Wildman–Crippen LogP) is 3.18. The standard InChI is InChI=1S/C13H17F3N2OS/c1-3-19-8(2)7-18-9-4-5-10(12(17)20)11(6-9)13(14,15)16/h4-6,8,18H,3,7H2,1-2H3,(H2,17,20). The number of ether oxygens (including phenoxy) is 1. The Labute approximate surface area is 121 Å². The molecule has 0 aliphatic rings. The number of halogens is 3. The summed E-state index contributed by atoms with van der Waals surface area (Å²) in [6, 6.07) is 3.80. The number of alkyl halides is 3. The highest BCUT2D eigenvalue weighted by atomic mass is 32.1. The summed E-state index contributed by atoms with van der Waals surface area (Å²) in [4.78, 5) is -0.272. The van der Waals surface area contributed by atoms with Crippen LogP contribution in [-0.2, 0) is 10.9 Å². The Morgan fingerprint density at radius 2 is 2.10 bits per heavy atom. The van der Waals surface area contributed by atoms with Crippen LogP contribution < -0.4 is 11.1 Å². The molecule has 0 fully saturated rings. The molecule has 0 aromatic heterocycles. The molecule has 0 saturated carbocycles. The van der Waals surface area contributed by atoms with E-state index in [9.17, 15) is 13.2 Å². The van der Waals surface area contributed by atoms with Gasteiger partial charge in [0.05, 0.1) is 11.7 Å². The lowest BCUT2D eigenvalue weighted by atomic mass is 10.1. The van der Waals surface area contributed by atoms with Crippen LogP contribution in [0.2, 0.25) is 0 Å². The van der Waals surface area contributed by atoms with Crippen molar-refractivity contribution in [2.24, 2.45) is 5.73 Å². The van der Waals surface area contributed by atoms with Gasteiger partial charge in [0.25, 0.3) is 0 Å². The molecule has 0 amide bonds. The third-order valence-electron chi connectivity index (χ3n) is 2.64. The molecule has 3 nitrogen and oxygen atoms in total. The Hall–Kier alpha value is -1.34. The third kappa shape index (κ3) is 4.64. The Morgan fingerprint density at radius 3 is 2.60 bits per heavy atom. The van der Waals surface area contributed by atoms with Gasteiger partial charge >= 0.3 is 6.18 Å². The topological polar surface area (TPSA) is 47.3 Å². The number of thiocarbonyl (C=S) groups is 1. The van der Waals surface area contributed by atoms with Crippen LogP contribution in [0.15, 0.2) is 18.2 Å². The number of benzene rings is 1. The first kappa shape index (κ1) is 16.7. The minimum atomic E-state index is -4.50. The van der Waals surface area contributed by atoms with Gasteiger partial charge in [-0.2, -0.15) is 13.2 Å². The van der Waals surface area contributed by atoms with Crippen molar-refractivity contribution < 1.29 is 17.9 Å². The molecule has 1 atom stereocenters. The highest BCUT2D eigenvalue weighted by Gasteiger charge is 2.34. The Balaban J connectivity index is 2.93. The van der Waals surface area contributed by atoms with Gasteiger partial charge in [-0.25, -0.2) is 0 Å². The summed E-state index contributed by atoms with van der Waals surface area (Å²) < 4.78 is 44.1. The lowest BCUT2D eigenvalue weighted by Crippen LogP contribution is -2.21. The van der Waals surface area contributed by atoms with Crippen molar-refractivity contribution in [1.29, 1.82) is 0 Å². The quantitative estimate of drug-likeness (QED) is 0.793. The van der Waals surface area contributed by atoms with Gasteiger partial charge in [0, 0.05) is 24.4 Å². The molecule has 7 heteroatoms. The second-order valence-electron chi connectivity index (χ2n) is 4.27. The Bertz CT molecular complexity index is 477. The monoisotopic (exact) mass is 306 g/mol. The lowest BCUT2D eigenvalue weighted by molar-refractivity contribution is -0.137. The second-order valence-corrected chi connectivity index (χ2v) is 4.71. The number of nitrogens with two attached hydrogens (primary N) is 1. The minimum Gasteiger partial charge on any atom is -0.389 e. The van der Waals surface area contributed by atoms with Crippen molar-refractivity contribution in [3.05, 3.63) is 29.3 Å². The first-order valence-corrected chi connectivity index (χ1v) is 6.53. The Kier molecular flexibility index (Phi) is 5.76. The summed E-state index contributed by atoms with van der Waals surface area (Å²) in [7, 11) is 0. The van der Waals surface area contributed by atoms with Crippen molar-refractivity contribution in [3.8, 4) is 0 Å². The predicted molar refractivity (Wildman–Crippen MR) is 76.9 cm³/mol. The van der Waals surface area contributed by atoms with E-state index in [2.05, 4.69) is 17.5 Å². The van der Waals surface area contributed by atoms with Gasteiger partial charge in [-0.15, -0.1) is 0 Å². The van der Waals surface area contributed by atoms with E-state index in [1.165, 1.54) is 12.1 Å². The maximum absolute atomic E-state index is 12.9. The van der Waals surface area contributed by atoms with E-state index in [0.29, 0.717) is 18.8 Å². The van der Waals surface area contributed by atoms with E-state index in [4.69, 9.17) is 10.5 Å². The van der Waals surface area contributed by atoms with Crippen LogP contribution in [0.25, 0.3) is 0 Å². The van der Waals surface area contributed by atoms with Gasteiger partial charge in [-0.1, -0.05) is 12.2 Å². The molecule has 112 valence electrons. The van der Waals surface area contributed by atoms with Gasteiger partial charge in [-0.05, 0) is 32.0 Å². The van der Waals surface area contributed by atoms with Crippen LogP contribution in [0.1, 0.15) is 25.0 Å². The highest BCUT2D eigenvalue weighted by molar-refractivity contribution is 7.80. The second kappa shape index (κ2) is 6.90. The first-order chi connectivity index (χ1) is 9.25. The molecule has 20 heavy (non-hydrogen) atoms. The van der Waals surface area contributed by atoms with E-state index in [0.717, 1.165) is 6.07 Å². The molecule has 1 unspecified atom stereocenters. The molecule has 1 aromatic carbocycles. The van der Waals surface area contributed by atoms with Gasteiger partial charge in [0.15, 0.2) is 0 Å². The van der Waals surface area contributed by atoms with Gasteiger partial charge in [0.2, 0.25) is 0 Å². The van der Waals surface area contributed by atoms with Crippen LogP contribution in [0, 0.1) is 0 Å². The number of hydrogen-bond donors (Lipinski definition) is 2. The molecule has 0 saturated heterocycles. The minimum absolute atomic E-state index is 0.0930. The molecule has 0 radical (unpaired) electrons. The Morgan fingerprint density at radius 1 is 1.45 bits per heavy atom. The number of nitrogens with one attached hydrogen (secondary N) is 1. The van der Waals surface area contributed by atoms with E-state index in [1.807, 2.05) is 13.8 Å². The summed E-state index contributed by atoms with van der Waals surface area (Å²) in [6.45, 7) is 4.66. The van der Waals surface area contributed by atoms with Crippen molar-refractivity contribution >= 4 is 22.9 Å². The summed E-state index contributed by atoms with van der Waals surface area (Å²) in [5.41, 5.74) is 4.66. The summed E-state index contributed by atoms with van der Waals surface area (Å²) in [5.74, 6) is 0. The van der Waals surface area contributed by atoms with Crippen molar-refractivity contribution in [3.63, 3.8) is 0 Å². The van der Waals surface area contributed by atoms with Gasteiger partial charge in [0.1, 0.15) is 4.99 Å². The van der Waals surface area contributed by atoms with E-state index >= 15 is 0 Å². The zero-order valence-electron chi connectivity index (χ0n) is 11.3. The lowest BCUT2D eigenvalue weighted by Gasteiger charge is -2.17. The van der Waals surface area contributed by atoms with Gasteiger partial charge < -0.3 is 15.8 Å². The summed E-state index contributed by atoms with van der Waals surface area (Å²) in [6.07, 6.45) is -4.59. The average Bonchev–Trinajstić information content (AvgIpc) is 2.35. The van der Waals surface area contributed by atoms with Crippen LogP contribution in [0.5, 0.6) is 0 Å². The maximum atomic E-state index is 12.9. The van der Waals surface area contributed by atoms with Crippen LogP contribution in [0.3, 0.4) is 0 Å². The zero-order chi connectivity index (χ0) is 15.3.